The molecule has 0 spiro atoms. The summed E-state index contributed by atoms with van der Waals surface area (Å²) in [5.41, 5.74) is 2.42. The van der Waals surface area contributed by atoms with Crippen LogP contribution < -0.4 is 11.3 Å². The van der Waals surface area contributed by atoms with Crippen molar-refractivity contribution in [1.29, 1.82) is 4.78 Å². The normalized spacial score (nSPS) is 12.5. The van der Waals surface area contributed by atoms with Crippen LogP contribution >= 0.6 is 0 Å². The van der Waals surface area contributed by atoms with Crippen LogP contribution in [0, 0.1) is 4.78 Å². The highest BCUT2D eigenvalue weighted by atomic mass is 32.2. The number of hydrogen-bond acceptors (Lipinski definition) is 4. The molecule has 1 rings (SSSR count). The first-order valence-electron chi connectivity index (χ1n) is 3.04. The smallest absolute Gasteiger partial charge is 0.139 e. The fraction of sp³-hybridized carbons (Fsp3) is 0.167. The highest BCUT2D eigenvalue weighted by molar-refractivity contribution is 7.85. The van der Waals surface area contributed by atoms with Gasteiger partial charge >= 0.3 is 0 Å². The summed E-state index contributed by atoms with van der Waals surface area (Å²) in [6, 6.07) is 3.60. The van der Waals surface area contributed by atoms with E-state index in [4.69, 9.17) is 10.6 Å². The van der Waals surface area contributed by atoms with E-state index in [1.54, 1.807) is 12.3 Å². The lowest BCUT2D eigenvalue weighted by atomic mass is 10.5. The second-order valence-corrected chi connectivity index (χ2v) is 3.53. The highest BCUT2D eigenvalue weighted by Crippen LogP contribution is 2.06. The van der Waals surface area contributed by atoms with E-state index >= 15 is 0 Å². The zero-order valence-corrected chi connectivity index (χ0v) is 6.98. The molecule has 0 saturated heterocycles. The van der Waals surface area contributed by atoms with Gasteiger partial charge in [0.25, 0.3) is 0 Å². The zero-order valence-electron chi connectivity index (χ0n) is 6.16. The first-order valence-corrected chi connectivity index (χ1v) is 4.67. The molecule has 1 aromatic rings. The summed E-state index contributed by atoms with van der Waals surface area (Å²) in [5, 5.41) is 0. The average Bonchev–Trinajstić information content (AvgIpc) is 2.05. The maximum Gasteiger partial charge on any atom is 0.139 e. The second kappa shape index (κ2) is 3.45. The maximum atomic E-state index is 7.38. The molecule has 0 amide bonds. The maximum absolute atomic E-state index is 7.38. The molecular formula is C6H10N4S. The van der Waals surface area contributed by atoms with Crippen molar-refractivity contribution >= 4 is 16.5 Å². The summed E-state index contributed by atoms with van der Waals surface area (Å²) in [6.07, 6.45) is 3.48. The Bertz CT molecular complexity index is 256. The van der Waals surface area contributed by atoms with Gasteiger partial charge in [-0.15, -0.1) is 0 Å². The van der Waals surface area contributed by atoms with Gasteiger partial charge in [-0.1, -0.05) is 10.7 Å². The standard InChI is InChI=1S/C6H10N4S/c1-11(8)5-2-3-6(10-7)9-4-5/h2-4,8H,7H2,1H3,(H,9,10). The van der Waals surface area contributed by atoms with E-state index in [0.717, 1.165) is 4.90 Å². The summed E-state index contributed by atoms with van der Waals surface area (Å²) in [5.74, 6) is 5.74. The van der Waals surface area contributed by atoms with Crippen molar-refractivity contribution < 1.29 is 0 Å². The average molecular weight is 170 g/mol. The molecule has 0 fully saturated rings. The van der Waals surface area contributed by atoms with Crippen LogP contribution in [0.4, 0.5) is 5.82 Å². The molecule has 0 radical (unpaired) electrons. The van der Waals surface area contributed by atoms with Gasteiger partial charge in [0.15, 0.2) is 0 Å². The van der Waals surface area contributed by atoms with E-state index in [2.05, 4.69) is 10.4 Å². The van der Waals surface area contributed by atoms with Crippen molar-refractivity contribution in [2.24, 2.45) is 5.84 Å². The molecule has 1 unspecified atom stereocenters. The van der Waals surface area contributed by atoms with Crippen molar-refractivity contribution in [2.75, 3.05) is 11.7 Å². The monoisotopic (exact) mass is 170 g/mol. The highest BCUT2D eigenvalue weighted by Gasteiger charge is 1.93. The molecule has 11 heavy (non-hydrogen) atoms. The minimum Gasteiger partial charge on any atom is -0.308 e. The Labute approximate surface area is 67.7 Å². The van der Waals surface area contributed by atoms with Crippen LogP contribution in [0.3, 0.4) is 0 Å². The SMILES string of the molecule is CS(=N)c1ccc(NN)nc1. The third-order valence-corrected chi connectivity index (χ3v) is 2.19. The van der Waals surface area contributed by atoms with Crippen LogP contribution in [-0.4, -0.2) is 11.2 Å². The molecule has 0 aliphatic carbocycles. The lowest BCUT2D eigenvalue weighted by molar-refractivity contribution is 1.18. The zero-order chi connectivity index (χ0) is 8.27. The fourth-order valence-corrected chi connectivity index (χ4v) is 1.13. The number of aromatic nitrogens is 1. The van der Waals surface area contributed by atoms with E-state index < -0.39 is 10.7 Å². The predicted octanol–water partition coefficient (Wildman–Crippen LogP) is 0.737. The number of anilines is 1. The summed E-state index contributed by atoms with van der Waals surface area (Å²) in [4.78, 5) is 4.89. The van der Waals surface area contributed by atoms with Gasteiger partial charge in [-0.3, -0.25) is 4.78 Å². The van der Waals surface area contributed by atoms with E-state index in [9.17, 15) is 0 Å². The summed E-state index contributed by atoms with van der Waals surface area (Å²) < 4.78 is 7.38. The first kappa shape index (κ1) is 8.16. The third-order valence-electron chi connectivity index (χ3n) is 1.24. The van der Waals surface area contributed by atoms with Gasteiger partial charge in [-0.2, -0.15) is 0 Å². The lowest BCUT2D eigenvalue weighted by Gasteiger charge is -2.00. The molecule has 4 nitrogen and oxygen atoms in total. The molecular weight excluding hydrogens is 160 g/mol. The van der Waals surface area contributed by atoms with Gasteiger partial charge in [-0.25, -0.2) is 10.8 Å². The minimum atomic E-state index is -0.470. The van der Waals surface area contributed by atoms with Gasteiger partial charge < -0.3 is 5.43 Å². The summed E-state index contributed by atoms with van der Waals surface area (Å²) >= 11 is 0. The fourth-order valence-electron chi connectivity index (χ4n) is 0.647. The van der Waals surface area contributed by atoms with Crippen LogP contribution in [0.15, 0.2) is 23.2 Å². The van der Waals surface area contributed by atoms with E-state index in [0.29, 0.717) is 5.82 Å². The molecule has 0 aliphatic heterocycles. The van der Waals surface area contributed by atoms with Crippen LogP contribution in [0.1, 0.15) is 0 Å². The van der Waals surface area contributed by atoms with Crippen molar-refractivity contribution in [3.8, 4) is 0 Å². The Morgan fingerprint density at radius 3 is 2.73 bits per heavy atom. The molecule has 1 atom stereocenters. The number of pyridine rings is 1. The Morgan fingerprint density at radius 1 is 1.64 bits per heavy atom. The topological polar surface area (TPSA) is 74.8 Å². The number of rotatable bonds is 2. The lowest BCUT2D eigenvalue weighted by Crippen LogP contribution is -2.08. The Balaban J connectivity index is 2.91. The number of hydrogen-bond donors (Lipinski definition) is 3. The number of nitrogens with two attached hydrogens (primary N) is 1. The van der Waals surface area contributed by atoms with Gasteiger partial charge in [0.1, 0.15) is 5.82 Å². The van der Waals surface area contributed by atoms with Crippen molar-refractivity contribution in [3.63, 3.8) is 0 Å². The third kappa shape index (κ3) is 1.99. The molecule has 5 heteroatoms. The van der Waals surface area contributed by atoms with Crippen LogP contribution in [0.5, 0.6) is 0 Å². The Kier molecular flexibility index (Phi) is 2.56. The molecule has 0 saturated carbocycles. The molecule has 0 bridgehead atoms. The molecule has 4 N–H and O–H groups in total. The van der Waals surface area contributed by atoms with Crippen LogP contribution in [0.25, 0.3) is 0 Å². The van der Waals surface area contributed by atoms with Gasteiger partial charge in [0, 0.05) is 11.1 Å². The van der Waals surface area contributed by atoms with Crippen LogP contribution in [0.2, 0.25) is 0 Å². The Morgan fingerprint density at radius 2 is 2.36 bits per heavy atom. The number of hydrazine groups is 1. The summed E-state index contributed by atoms with van der Waals surface area (Å²) in [7, 11) is -0.470. The molecule has 1 heterocycles. The molecule has 1 aromatic heterocycles. The molecule has 0 aliphatic rings. The van der Waals surface area contributed by atoms with Crippen molar-refractivity contribution in [3.05, 3.63) is 18.3 Å². The van der Waals surface area contributed by atoms with Gasteiger partial charge in [0.05, 0.1) is 0 Å². The second-order valence-electron chi connectivity index (χ2n) is 2.03. The molecule has 0 aromatic carbocycles. The first-order chi connectivity index (χ1) is 5.24. The summed E-state index contributed by atoms with van der Waals surface area (Å²) in [6.45, 7) is 0. The quantitative estimate of drug-likeness (QED) is 0.452. The number of nitrogens with zero attached hydrogens (tertiary/aromatic N) is 1. The Hall–Kier alpha value is -0.940. The number of nitrogens with one attached hydrogen (secondary N) is 2. The van der Waals surface area contributed by atoms with Crippen molar-refractivity contribution in [2.45, 2.75) is 4.90 Å². The van der Waals surface area contributed by atoms with E-state index in [1.807, 2.05) is 12.3 Å². The largest absolute Gasteiger partial charge is 0.308 e. The van der Waals surface area contributed by atoms with E-state index in [-0.39, 0.29) is 0 Å². The minimum absolute atomic E-state index is 0.470. The van der Waals surface area contributed by atoms with Crippen LogP contribution in [-0.2, 0) is 10.7 Å². The number of nitrogen functional groups attached to an aromatic ring is 1. The van der Waals surface area contributed by atoms with Gasteiger partial charge in [0.2, 0.25) is 0 Å². The van der Waals surface area contributed by atoms with E-state index in [1.165, 1.54) is 0 Å². The van der Waals surface area contributed by atoms with Crippen molar-refractivity contribution in [1.82, 2.24) is 4.98 Å². The molecule has 60 valence electrons. The van der Waals surface area contributed by atoms with Gasteiger partial charge in [-0.05, 0) is 18.4 Å². The predicted molar refractivity (Wildman–Crippen MR) is 46.3 cm³/mol.